The lowest BCUT2D eigenvalue weighted by Gasteiger charge is -2.29. The van der Waals surface area contributed by atoms with Gasteiger partial charge in [0, 0.05) is 18.5 Å². The third-order valence-corrected chi connectivity index (χ3v) is 3.99. The second-order valence-electron chi connectivity index (χ2n) is 4.96. The van der Waals surface area contributed by atoms with Crippen molar-refractivity contribution in [1.82, 2.24) is 15.3 Å². The molecule has 0 saturated carbocycles. The van der Waals surface area contributed by atoms with Gasteiger partial charge in [-0.1, -0.05) is 13.8 Å². The maximum atomic E-state index is 5.72. The summed E-state index contributed by atoms with van der Waals surface area (Å²) in [7, 11) is 3.71. The molecule has 108 valence electrons. The van der Waals surface area contributed by atoms with Gasteiger partial charge in [0.1, 0.15) is 5.60 Å². The molecule has 19 heavy (non-hydrogen) atoms. The summed E-state index contributed by atoms with van der Waals surface area (Å²) in [6.07, 6.45) is 2.73. The minimum atomic E-state index is -0.350. The van der Waals surface area contributed by atoms with Gasteiger partial charge in [-0.3, -0.25) is 0 Å². The van der Waals surface area contributed by atoms with Crippen LogP contribution in [0.1, 0.15) is 49.5 Å². The van der Waals surface area contributed by atoms with Crippen LogP contribution >= 0.6 is 0 Å². The van der Waals surface area contributed by atoms with Gasteiger partial charge in [-0.2, -0.15) is 0 Å². The Balaban J connectivity index is 3.19. The first-order valence-corrected chi connectivity index (χ1v) is 7.09. The van der Waals surface area contributed by atoms with Crippen molar-refractivity contribution in [3.63, 3.8) is 0 Å². The Morgan fingerprint density at radius 2 is 1.63 bits per heavy atom. The number of aryl methyl sites for hydroxylation is 2. The predicted octanol–water partition coefficient (Wildman–Crippen LogP) is 2.52. The van der Waals surface area contributed by atoms with Crippen molar-refractivity contribution in [2.45, 2.75) is 52.6 Å². The number of likely N-dealkylation sites (N-methyl/N-ethyl adjacent to an activating group) is 1. The normalized spacial score (nSPS) is 11.9. The lowest BCUT2D eigenvalue weighted by molar-refractivity contribution is -0.0294. The van der Waals surface area contributed by atoms with E-state index >= 15 is 0 Å². The predicted molar refractivity (Wildman–Crippen MR) is 78.4 cm³/mol. The molecule has 0 unspecified atom stereocenters. The molecule has 0 amide bonds. The Morgan fingerprint density at radius 3 is 2.00 bits per heavy atom. The average molecular weight is 265 g/mol. The van der Waals surface area contributed by atoms with Gasteiger partial charge >= 0.3 is 0 Å². The summed E-state index contributed by atoms with van der Waals surface area (Å²) < 4.78 is 5.72. The third kappa shape index (κ3) is 3.31. The van der Waals surface area contributed by atoms with E-state index in [-0.39, 0.29) is 5.60 Å². The summed E-state index contributed by atoms with van der Waals surface area (Å²) in [6, 6.07) is 0. The molecule has 0 aliphatic rings. The van der Waals surface area contributed by atoms with Gasteiger partial charge in [0.05, 0.1) is 0 Å². The number of hydrogen-bond acceptors (Lipinski definition) is 4. The molecule has 1 aromatic heterocycles. The van der Waals surface area contributed by atoms with Gasteiger partial charge in [0.15, 0.2) is 5.82 Å². The fourth-order valence-electron chi connectivity index (χ4n) is 2.50. The molecule has 1 rings (SSSR count). The molecule has 4 nitrogen and oxygen atoms in total. The monoisotopic (exact) mass is 265 g/mol. The van der Waals surface area contributed by atoms with E-state index in [4.69, 9.17) is 14.7 Å². The fourth-order valence-corrected chi connectivity index (χ4v) is 2.50. The fraction of sp³-hybridized carbons (Fsp3) is 0.733. The van der Waals surface area contributed by atoms with Crippen LogP contribution < -0.4 is 5.32 Å². The molecule has 0 aliphatic carbocycles. The van der Waals surface area contributed by atoms with E-state index in [0.29, 0.717) is 0 Å². The molecular formula is C15H27N3O. The highest BCUT2D eigenvalue weighted by Gasteiger charge is 2.32. The van der Waals surface area contributed by atoms with Gasteiger partial charge in [0.25, 0.3) is 0 Å². The van der Waals surface area contributed by atoms with Crippen molar-refractivity contribution in [1.29, 1.82) is 0 Å². The SMILES string of the molecule is CCC(CC)(OC)c1nc(C)c(CCNC)c(C)n1. The second kappa shape index (κ2) is 6.96. The van der Waals surface area contributed by atoms with Crippen LogP contribution in [0.2, 0.25) is 0 Å². The molecule has 1 N–H and O–H groups in total. The minimum Gasteiger partial charge on any atom is -0.370 e. The van der Waals surface area contributed by atoms with E-state index in [1.54, 1.807) is 7.11 Å². The van der Waals surface area contributed by atoms with Crippen LogP contribution in [0.5, 0.6) is 0 Å². The summed E-state index contributed by atoms with van der Waals surface area (Å²) in [5, 5.41) is 3.17. The Kier molecular flexibility index (Phi) is 5.88. The van der Waals surface area contributed by atoms with Crippen LogP contribution in [0, 0.1) is 13.8 Å². The summed E-state index contributed by atoms with van der Waals surface area (Å²) in [5.74, 6) is 0.822. The van der Waals surface area contributed by atoms with Crippen molar-refractivity contribution in [2.24, 2.45) is 0 Å². The molecule has 1 aromatic rings. The lowest BCUT2D eigenvalue weighted by atomic mass is 9.95. The molecule has 0 spiro atoms. The molecule has 0 bridgehead atoms. The van der Waals surface area contributed by atoms with E-state index in [2.05, 4.69) is 33.0 Å². The molecular weight excluding hydrogens is 238 g/mol. The number of aromatic nitrogens is 2. The molecule has 0 aliphatic heterocycles. The number of ether oxygens (including phenoxy) is 1. The molecule has 0 saturated heterocycles. The van der Waals surface area contributed by atoms with Crippen molar-refractivity contribution in [3.05, 3.63) is 22.8 Å². The molecule has 0 radical (unpaired) electrons. The van der Waals surface area contributed by atoms with E-state index in [1.165, 1.54) is 5.56 Å². The van der Waals surface area contributed by atoms with Crippen LogP contribution in [0.15, 0.2) is 0 Å². The smallest absolute Gasteiger partial charge is 0.160 e. The standard InChI is InChI=1S/C15H27N3O/c1-7-15(8-2,19-6)14-17-11(3)13(9-10-16-5)12(4)18-14/h16H,7-10H2,1-6H3. The van der Waals surface area contributed by atoms with Crippen molar-refractivity contribution >= 4 is 0 Å². The van der Waals surface area contributed by atoms with Crippen LogP contribution in [-0.2, 0) is 16.8 Å². The number of nitrogens with zero attached hydrogens (tertiary/aromatic N) is 2. The van der Waals surface area contributed by atoms with Gasteiger partial charge < -0.3 is 10.1 Å². The first-order chi connectivity index (χ1) is 9.04. The zero-order chi connectivity index (χ0) is 14.5. The number of hydrogen-bond donors (Lipinski definition) is 1. The van der Waals surface area contributed by atoms with Crippen molar-refractivity contribution < 1.29 is 4.74 Å². The van der Waals surface area contributed by atoms with E-state index < -0.39 is 0 Å². The highest BCUT2D eigenvalue weighted by atomic mass is 16.5. The van der Waals surface area contributed by atoms with Crippen LogP contribution in [0.4, 0.5) is 0 Å². The third-order valence-electron chi connectivity index (χ3n) is 3.99. The second-order valence-corrected chi connectivity index (χ2v) is 4.96. The Labute approximate surface area is 117 Å². The summed E-state index contributed by atoms with van der Waals surface area (Å²) in [4.78, 5) is 9.42. The van der Waals surface area contributed by atoms with Gasteiger partial charge in [-0.15, -0.1) is 0 Å². The van der Waals surface area contributed by atoms with Crippen LogP contribution in [0.25, 0.3) is 0 Å². The maximum absolute atomic E-state index is 5.72. The molecule has 1 heterocycles. The summed E-state index contributed by atoms with van der Waals surface area (Å²) in [5.41, 5.74) is 3.04. The van der Waals surface area contributed by atoms with Crippen LogP contribution in [0.3, 0.4) is 0 Å². The van der Waals surface area contributed by atoms with Gasteiger partial charge in [-0.05, 0) is 52.3 Å². The Morgan fingerprint density at radius 1 is 1.11 bits per heavy atom. The Hall–Kier alpha value is -1.00. The lowest BCUT2D eigenvalue weighted by Crippen LogP contribution is -2.30. The number of nitrogens with one attached hydrogen (secondary N) is 1. The van der Waals surface area contributed by atoms with Crippen molar-refractivity contribution in [3.8, 4) is 0 Å². The van der Waals surface area contributed by atoms with Gasteiger partial charge in [0.2, 0.25) is 0 Å². The number of rotatable bonds is 7. The quantitative estimate of drug-likeness (QED) is 0.823. The van der Waals surface area contributed by atoms with Crippen molar-refractivity contribution in [2.75, 3.05) is 20.7 Å². The highest BCUT2D eigenvalue weighted by molar-refractivity contribution is 5.26. The minimum absolute atomic E-state index is 0.350. The number of methoxy groups -OCH3 is 1. The first-order valence-electron chi connectivity index (χ1n) is 7.09. The van der Waals surface area contributed by atoms with Gasteiger partial charge in [-0.25, -0.2) is 9.97 Å². The first kappa shape index (κ1) is 16.1. The average Bonchev–Trinajstić information content (AvgIpc) is 2.40. The van der Waals surface area contributed by atoms with E-state index in [9.17, 15) is 0 Å². The largest absolute Gasteiger partial charge is 0.370 e. The molecule has 4 heteroatoms. The summed E-state index contributed by atoms with van der Waals surface area (Å²) >= 11 is 0. The Bertz CT molecular complexity index is 383. The zero-order valence-electron chi connectivity index (χ0n) is 13.1. The highest BCUT2D eigenvalue weighted by Crippen LogP contribution is 2.30. The molecule has 0 aromatic carbocycles. The molecule has 0 atom stereocenters. The zero-order valence-corrected chi connectivity index (χ0v) is 13.1. The molecule has 0 fully saturated rings. The van der Waals surface area contributed by atoms with E-state index in [0.717, 1.165) is 43.0 Å². The van der Waals surface area contributed by atoms with Crippen LogP contribution in [-0.4, -0.2) is 30.7 Å². The van der Waals surface area contributed by atoms with E-state index in [1.807, 2.05) is 7.05 Å². The topological polar surface area (TPSA) is 47.0 Å². The maximum Gasteiger partial charge on any atom is 0.160 e. The summed E-state index contributed by atoms with van der Waals surface area (Å²) in [6.45, 7) is 9.32.